The van der Waals surface area contributed by atoms with Crippen molar-refractivity contribution >= 4 is 22.4 Å². The number of hydrogen-bond acceptors (Lipinski definition) is 2. The molecule has 0 fully saturated rings. The maximum atomic E-state index is 7.46. The van der Waals surface area contributed by atoms with Gasteiger partial charge in [0.05, 0.1) is 0 Å². The summed E-state index contributed by atoms with van der Waals surface area (Å²) in [5, 5.41) is 8.55. The molecule has 0 saturated carbocycles. The Labute approximate surface area is 110 Å². The van der Waals surface area contributed by atoms with Crippen molar-refractivity contribution in [3.05, 3.63) is 54.1 Å². The van der Waals surface area contributed by atoms with Gasteiger partial charge >= 0.3 is 0 Å². The van der Waals surface area contributed by atoms with Crippen LogP contribution in [0, 0.1) is 5.41 Å². The predicted octanol–water partition coefficient (Wildman–Crippen LogP) is 2.70. The molecule has 4 nitrogen and oxygen atoms in total. The van der Waals surface area contributed by atoms with Crippen molar-refractivity contribution in [1.29, 1.82) is 5.41 Å². The van der Waals surface area contributed by atoms with Crippen LogP contribution in [0.3, 0.4) is 0 Å². The van der Waals surface area contributed by atoms with Crippen molar-refractivity contribution < 1.29 is 0 Å². The van der Waals surface area contributed by atoms with Gasteiger partial charge in [-0.15, -0.1) is 0 Å². The van der Waals surface area contributed by atoms with Gasteiger partial charge in [0.15, 0.2) is 0 Å². The summed E-state index contributed by atoms with van der Waals surface area (Å²) in [5.74, 6) is 0.0746. The number of nitrogens with two attached hydrogens (primary N) is 2. The molecule has 1 heterocycles. The van der Waals surface area contributed by atoms with Crippen LogP contribution in [-0.4, -0.2) is 10.8 Å². The van der Waals surface area contributed by atoms with E-state index in [0.29, 0.717) is 0 Å². The topological polar surface area (TPSA) is 91.7 Å². The Morgan fingerprint density at radius 3 is 2.42 bits per heavy atom. The summed E-state index contributed by atoms with van der Waals surface area (Å²) in [6.07, 6.45) is 0. The quantitative estimate of drug-likeness (QED) is 0.320. The Bertz CT molecular complexity index is 753. The third-order valence-electron chi connectivity index (χ3n) is 3.16. The first-order valence-electron chi connectivity index (χ1n) is 5.96. The van der Waals surface area contributed by atoms with E-state index in [1.54, 1.807) is 0 Å². The Kier molecular flexibility index (Phi) is 2.49. The SMILES string of the molecule is N=C(N)c1ccc2cc(-c3ccc(N)cc3)[nH]c2c1. The van der Waals surface area contributed by atoms with Gasteiger partial charge in [0.1, 0.15) is 5.84 Å². The van der Waals surface area contributed by atoms with E-state index >= 15 is 0 Å². The molecule has 0 aliphatic heterocycles. The Balaban J connectivity index is 2.11. The van der Waals surface area contributed by atoms with Gasteiger partial charge < -0.3 is 16.5 Å². The molecule has 0 atom stereocenters. The standard InChI is InChI=1S/C15H14N4/c16-12-5-3-9(4-6-12)13-7-10-1-2-11(15(17)18)8-14(10)19-13/h1-8,19H,16H2,(H3,17,18). The average Bonchev–Trinajstić information content (AvgIpc) is 2.82. The van der Waals surface area contributed by atoms with Crippen LogP contribution in [0.15, 0.2) is 48.5 Å². The van der Waals surface area contributed by atoms with Gasteiger partial charge in [-0.05, 0) is 29.8 Å². The lowest BCUT2D eigenvalue weighted by molar-refractivity contribution is 1.42. The second-order valence-corrected chi connectivity index (χ2v) is 4.52. The van der Waals surface area contributed by atoms with Crippen LogP contribution in [0.5, 0.6) is 0 Å². The van der Waals surface area contributed by atoms with Crippen molar-refractivity contribution in [3.8, 4) is 11.3 Å². The number of aromatic amines is 1. The number of nitrogen functional groups attached to an aromatic ring is 2. The van der Waals surface area contributed by atoms with Crippen LogP contribution >= 0.6 is 0 Å². The number of H-pyrrole nitrogens is 1. The highest BCUT2D eigenvalue weighted by Crippen LogP contribution is 2.25. The van der Waals surface area contributed by atoms with Crippen LogP contribution < -0.4 is 11.5 Å². The molecule has 19 heavy (non-hydrogen) atoms. The van der Waals surface area contributed by atoms with Gasteiger partial charge in [0.2, 0.25) is 0 Å². The van der Waals surface area contributed by atoms with Crippen LogP contribution in [0.25, 0.3) is 22.2 Å². The molecule has 94 valence electrons. The summed E-state index contributed by atoms with van der Waals surface area (Å²) in [5.41, 5.74) is 15.7. The summed E-state index contributed by atoms with van der Waals surface area (Å²) in [7, 11) is 0. The molecule has 0 aliphatic carbocycles. The third-order valence-corrected chi connectivity index (χ3v) is 3.16. The van der Waals surface area contributed by atoms with Gasteiger partial charge in [-0.25, -0.2) is 0 Å². The third kappa shape index (κ3) is 2.04. The van der Waals surface area contributed by atoms with E-state index in [0.717, 1.165) is 33.4 Å². The summed E-state index contributed by atoms with van der Waals surface area (Å²) < 4.78 is 0. The Hall–Kier alpha value is -2.75. The van der Waals surface area contributed by atoms with E-state index < -0.39 is 0 Å². The van der Waals surface area contributed by atoms with Crippen LogP contribution in [-0.2, 0) is 0 Å². The number of nitrogens with one attached hydrogen (secondary N) is 2. The number of amidine groups is 1. The summed E-state index contributed by atoms with van der Waals surface area (Å²) in [4.78, 5) is 3.33. The molecule has 4 heteroatoms. The molecule has 0 aliphatic rings. The Morgan fingerprint density at radius 2 is 1.74 bits per heavy atom. The minimum absolute atomic E-state index is 0.0746. The number of rotatable bonds is 2. The molecule has 6 N–H and O–H groups in total. The highest BCUT2D eigenvalue weighted by molar-refractivity contribution is 5.99. The zero-order valence-corrected chi connectivity index (χ0v) is 10.3. The lowest BCUT2D eigenvalue weighted by Crippen LogP contribution is -2.10. The highest BCUT2D eigenvalue weighted by atomic mass is 14.7. The van der Waals surface area contributed by atoms with Gasteiger partial charge in [0.25, 0.3) is 0 Å². The Morgan fingerprint density at radius 1 is 1.00 bits per heavy atom. The second kappa shape index (κ2) is 4.17. The number of aromatic nitrogens is 1. The molecule has 0 saturated heterocycles. The van der Waals surface area contributed by atoms with Crippen molar-refractivity contribution in [1.82, 2.24) is 4.98 Å². The van der Waals surface area contributed by atoms with Gasteiger partial charge in [-0.1, -0.05) is 24.3 Å². The molecule has 0 amide bonds. The van der Waals surface area contributed by atoms with E-state index in [4.69, 9.17) is 16.9 Å². The first-order chi connectivity index (χ1) is 9.13. The van der Waals surface area contributed by atoms with E-state index in [9.17, 15) is 0 Å². The molecule has 0 bridgehead atoms. The maximum Gasteiger partial charge on any atom is 0.122 e. The van der Waals surface area contributed by atoms with Crippen molar-refractivity contribution in [3.63, 3.8) is 0 Å². The van der Waals surface area contributed by atoms with Gasteiger partial charge in [-0.3, -0.25) is 5.41 Å². The molecule has 0 unspecified atom stereocenters. The van der Waals surface area contributed by atoms with Crippen molar-refractivity contribution in [2.75, 3.05) is 5.73 Å². The van der Waals surface area contributed by atoms with Crippen LogP contribution in [0.2, 0.25) is 0 Å². The van der Waals surface area contributed by atoms with Crippen LogP contribution in [0.4, 0.5) is 5.69 Å². The van der Waals surface area contributed by atoms with Gasteiger partial charge in [0, 0.05) is 27.8 Å². The summed E-state index contributed by atoms with van der Waals surface area (Å²) in [6, 6.07) is 15.5. The molecule has 0 spiro atoms. The normalized spacial score (nSPS) is 10.7. The maximum absolute atomic E-state index is 7.46. The fraction of sp³-hybridized carbons (Fsp3) is 0. The first-order valence-corrected chi connectivity index (χ1v) is 5.96. The van der Waals surface area contributed by atoms with E-state index in [1.165, 1.54) is 0 Å². The highest BCUT2D eigenvalue weighted by Gasteiger charge is 2.05. The lowest BCUT2D eigenvalue weighted by Gasteiger charge is -1.98. The zero-order chi connectivity index (χ0) is 13.4. The summed E-state index contributed by atoms with van der Waals surface area (Å²) in [6.45, 7) is 0. The minimum Gasteiger partial charge on any atom is -0.399 e. The minimum atomic E-state index is 0.0746. The largest absolute Gasteiger partial charge is 0.399 e. The predicted molar refractivity (Wildman–Crippen MR) is 79.2 cm³/mol. The van der Waals surface area contributed by atoms with Gasteiger partial charge in [-0.2, -0.15) is 0 Å². The van der Waals surface area contributed by atoms with Crippen molar-refractivity contribution in [2.45, 2.75) is 0 Å². The molecule has 3 aromatic rings. The van der Waals surface area contributed by atoms with Crippen molar-refractivity contribution in [2.24, 2.45) is 5.73 Å². The molecule has 3 rings (SSSR count). The number of benzene rings is 2. The summed E-state index contributed by atoms with van der Waals surface area (Å²) >= 11 is 0. The number of fused-ring (bicyclic) bond motifs is 1. The second-order valence-electron chi connectivity index (χ2n) is 4.52. The van der Waals surface area contributed by atoms with E-state index in [2.05, 4.69) is 11.1 Å². The monoisotopic (exact) mass is 250 g/mol. The number of hydrogen-bond donors (Lipinski definition) is 4. The molecule has 1 aromatic heterocycles. The molecular formula is C15H14N4. The number of anilines is 1. The van der Waals surface area contributed by atoms with E-state index in [-0.39, 0.29) is 5.84 Å². The van der Waals surface area contributed by atoms with E-state index in [1.807, 2.05) is 42.5 Å². The average molecular weight is 250 g/mol. The zero-order valence-electron chi connectivity index (χ0n) is 10.3. The molecular weight excluding hydrogens is 236 g/mol. The van der Waals surface area contributed by atoms with Crippen LogP contribution in [0.1, 0.15) is 5.56 Å². The lowest BCUT2D eigenvalue weighted by atomic mass is 10.1. The molecule has 0 radical (unpaired) electrons. The fourth-order valence-electron chi connectivity index (χ4n) is 2.11. The molecule has 2 aromatic carbocycles. The first kappa shape index (κ1) is 11.3. The fourth-order valence-corrected chi connectivity index (χ4v) is 2.11. The smallest absolute Gasteiger partial charge is 0.122 e.